The number of hydrogen-bond donors (Lipinski definition) is 2. The molecule has 0 saturated carbocycles. The number of hydrogen-bond acceptors (Lipinski definition) is 2. The average molecular weight is 139 g/mol. The van der Waals surface area contributed by atoms with E-state index < -0.39 is 6.10 Å². The van der Waals surface area contributed by atoms with E-state index >= 15 is 0 Å². The van der Waals surface area contributed by atoms with Crippen LogP contribution >= 0.6 is 0 Å². The van der Waals surface area contributed by atoms with E-state index in [0.29, 0.717) is 0 Å². The summed E-state index contributed by atoms with van der Waals surface area (Å²) in [5.41, 5.74) is 1.09. The quantitative estimate of drug-likeness (QED) is 0.452. The van der Waals surface area contributed by atoms with Gasteiger partial charge in [0.05, 0.1) is 11.8 Å². The lowest BCUT2D eigenvalue weighted by atomic mass is 10.2. The molecule has 0 aromatic carbocycles. The SMILES string of the molecule is C=C(C)/C=C\C(=N)C(C)O. The Labute approximate surface area is 61.4 Å². The lowest BCUT2D eigenvalue weighted by Gasteiger charge is -1.98. The summed E-state index contributed by atoms with van der Waals surface area (Å²) < 4.78 is 0. The van der Waals surface area contributed by atoms with E-state index in [0.717, 1.165) is 5.57 Å². The molecule has 10 heavy (non-hydrogen) atoms. The van der Waals surface area contributed by atoms with Crippen LogP contribution < -0.4 is 0 Å². The minimum Gasteiger partial charge on any atom is -0.387 e. The average Bonchev–Trinajstić information content (AvgIpc) is 1.82. The Kier molecular flexibility index (Phi) is 3.65. The van der Waals surface area contributed by atoms with E-state index in [-0.39, 0.29) is 5.71 Å². The van der Waals surface area contributed by atoms with Gasteiger partial charge in [-0.25, -0.2) is 0 Å². The van der Waals surface area contributed by atoms with E-state index in [1.807, 2.05) is 6.92 Å². The van der Waals surface area contributed by atoms with Crippen LogP contribution in [0.25, 0.3) is 0 Å². The highest BCUT2D eigenvalue weighted by atomic mass is 16.3. The lowest BCUT2D eigenvalue weighted by molar-refractivity contribution is 0.262. The Balaban J connectivity index is 3.90. The van der Waals surface area contributed by atoms with E-state index in [1.165, 1.54) is 0 Å². The standard InChI is InChI=1S/C8H13NO/c1-6(2)4-5-8(9)7(3)10/h4-5,7,9-10H,1H2,2-3H3/b5-4-,9-8?. The van der Waals surface area contributed by atoms with Gasteiger partial charge in [-0.2, -0.15) is 0 Å². The van der Waals surface area contributed by atoms with Gasteiger partial charge >= 0.3 is 0 Å². The zero-order chi connectivity index (χ0) is 8.15. The molecular weight excluding hydrogens is 126 g/mol. The summed E-state index contributed by atoms with van der Waals surface area (Å²) in [6, 6.07) is 0. The molecule has 2 N–H and O–H groups in total. The van der Waals surface area contributed by atoms with Gasteiger partial charge in [-0.05, 0) is 19.9 Å². The number of rotatable bonds is 3. The fourth-order valence-corrected chi connectivity index (χ4v) is 0.371. The fraction of sp³-hybridized carbons (Fsp3) is 0.375. The smallest absolute Gasteiger partial charge is 0.0924 e. The largest absolute Gasteiger partial charge is 0.387 e. The second kappa shape index (κ2) is 4.01. The molecule has 0 rings (SSSR count). The van der Waals surface area contributed by atoms with Crippen molar-refractivity contribution in [3.05, 3.63) is 24.3 Å². The molecule has 2 heteroatoms. The molecule has 0 radical (unpaired) electrons. The van der Waals surface area contributed by atoms with Crippen LogP contribution in [0.15, 0.2) is 24.3 Å². The van der Waals surface area contributed by atoms with Crippen molar-refractivity contribution in [2.75, 3.05) is 0 Å². The molecule has 0 aromatic rings. The van der Waals surface area contributed by atoms with Crippen LogP contribution in [-0.4, -0.2) is 16.9 Å². The third-order valence-corrected chi connectivity index (χ3v) is 0.997. The number of aliphatic hydroxyl groups is 1. The molecule has 0 aromatic heterocycles. The summed E-state index contributed by atoms with van der Waals surface area (Å²) >= 11 is 0. The van der Waals surface area contributed by atoms with Crippen molar-refractivity contribution in [2.24, 2.45) is 0 Å². The third kappa shape index (κ3) is 4.04. The zero-order valence-electron chi connectivity index (χ0n) is 6.39. The highest BCUT2D eigenvalue weighted by molar-refractivity contribution is 5.95. The van der Waals surface area contributed by atoms with Crippen molar-refractivity contribution in [2.45, 2.75) is 20.0 Å². The van der Waals surface area contributed by atoms with E-state index in [2.05, 4.69) is 6.58 Å². The van der Waals surface area contributed by atoms with Crippen molar-refractivity contribution in [1.82, 2.24) is 0 Å². The van der Waals surface area contributed by atoms with Gasteiger partial charge in [0, 0.05) is 0 Å². The van der Waals surface area contributed by atoms with Crippen LogP contribution in [0.1, 0.15) is 13.8 Å². The zero-order valence-corrected chi connectivity index (χ0v) is 6.39. The van der Waals surface area contributed by atoms with E-state index in [9.17, 15) is 0 Å². The second-order valence-electron chi connectivity index (χ2n) is 2.31. The van der Waals surface area contributed by atoms with Crippen LogP contribution in [0.4, 0.5) is 0 Å². The second-order valence-corrected chi connectivity index (χ2v) is 2.31. The Bertz CT molecular complexity index is 168. The van der Waals surface area contributed by atoms with Gasteiger partial charge in [0.25, 0.3) is 0 Å². The number of aliphatic hydroxyl groups excluding tert-OH is 1. The van der Waals surface area contributed by atoms with Crippen molar-refractivity contribution < 1.29 is 5.11 Å². The first-order valence-corrected chi connectivity index (χ1v) is 3.14. The maximum atomic E-state index is 8.83. The summed E-state index contributed by atoms with van der Waals surface area (Å²) in [5.74, 6) is 0. The van der Waals surface area contributed by atoms with Crippen LogP contribution in [0.3, 0.4) is 0 Å². The van der Waals surface area contributed by atoms with Crippen molar-refractivity contribution in [3.63, 3.8) is 0 Å². The Hall–Kier alpha value is -0.890. The molecule has 0 aliphatic carbocycles. The van der Waals surface area contributed by atoms with Gasteiger partial charge in [-0.15, -0.1) is 0 Å². The van der Waals surface area contributed by atoms with Gasteiger partial charge < -0.3 is 10.5 Å². The van der Waals surface area contributed by atoms with E-state index in [4.69, 9.17) is 10.5 Å². The van der Waals surface area contributed by atoms with Crippen LogP contribution in [-0.2, 0) is 0 Å². The molecule has 0 amide bonds. The van der Waals surface area contributed by atoms with Gasteiger partial charge in [-0.3, -0.25) is 0 Å². The van der Waals surface area contributed by atoms with Crippen LogP contribution in [0, 0.1) is 5.41 Å². The predicted octanol–water partition coefficient (Wildman–Crippen LogP) is 1.52. The molecule has 0 heterocycles. The Morgan fingerprint density at radius 3 is 2.40 bits per heavy atom. The molecule has 0 spiro atoms. The van der Waals surface area contributed by atoms with Crippen molar-refractivity contribution in [3.8, 4) is 0 Å². The molecular formula is C8H13NO. The Morgan fingerprint density at radius 1 is 1.60 bits per heavy atom. The maximum absolute atomic E-state index is 8.83. The molecule has 0 aliphatic heterocycles. The molecule has 2 nitrogen and oxygen atoms in total. The molecule has 0 fully saturated rings. The molecule has 56 valence electrons. The molecule has 0 bridgehead atoms. The molecule has 1 atom stereocenters. The molecule has 1 unspecified atom stereocenters. The monoisotopic (exact) mass is 139 g/mol. The van der Waals surface area contributed by atoms with Gasteiger partial charge in [0.15, 0.2) is 0 Å². The number of allylic oxidation sites excluding steroid dienone is 2. The van der Waals surface area contributed by atoms with Gasteiger partial charge in [0.1, 0.15) is 0 Å². The summed E-state index contributed by atoms with van der Waals surface area (Å²) in [6.45, 7) is 7.02. The highest BCUT2D eigenvalue weighted by Gasteiger charge is 1.97. The fourth-order valence-electron chi connectivity index (χ4n) is 0.371. The molecule has 0 saturated heterocycles. The van der Waals surface area contributed by atoms with Crippen LogP contribution in [0.2, 0.25) is 0 Å². The van der Waals surface area contributed by atoms with Crippen LogP contribution in [0.5, 0.6) is 0 Å². The minimum atomic E-state index is -0.685. The third-order valence-electron chi connectivity index (χ3n) is 0.997. The topological polar surface area (TPSA) is 44.1 Å². The number of nitrogens with one attached hydrogen (secondary N) is 1. The molecule has 0 aliphatic rings. The summed E-state index contributed by atoms with van der Waals surface area (Å²) in [7, 11) is 0. The van der Waals surface area contributed by atoms with Crippen molar-refractivity contribution in [1.29, 1.82) is 5.41 Å². The van der Waals surface area contributed by atoms with Crippen molar-refractivity contribution >= 4 is 5.71 Å². The highest BCUT2D eigenvalue weighted by Crippen LogP contribution is 1.92. The first kappa shape index (κ1) is 9.11. The van der Waals surface area contributed by atoms with Gasteiger partial charge in [0.2, 0.25) is 0 Å². The minimum absolute atomic E-state index is 0.211. The predicted molar refractivity (Wildman–Crippen MR) is 43.4 cm³/mol. The normalized spacial score (nSPS) is 13.5. The summed E-state index contributed by atoms with van der Waals surface area (Å²) in [5, 5.41) is 16.0. The Morgan fingerprint density at radius 2 is 2.10 bits per heavy atom. The first-order valence-electron chi connectivity index (χ1n) is 3.14. The lowest BCUT2D eigenvalue weighted by Crippen LogP contribution is -2.11. The summed E-state index contributed by atoms with van der Waals surface area (Å²) in [6.07, 6.45) is 2.57. The van der Waals surface area contributed by atoms with Gasteiger partial charge in [-0.1, -0.05) is 18.2 Å². The van der Waals surface area contributed by atoms with E-state index in [1.54, 1.807) is 19.1 Å². The summed E-state index contributed by atoms with van der Waals surface area (Å²) in [4.78, 5) is 0. The first-order chi connectivity index (χ1) is 4.54. The maximum Gasteiger partial charge on any atom is 0.0924 e.